The standard InChI is InChI=1S/C20H18Cl3NO2/c1-19(2)16-13(22)5-6-14(23)17(16)24(3)20(19)8-7-11-9-12(21)10-15(25-4)18(11)26-20/h5-10H,1-4H3. The van der Waals surface area contributed by atoms with Crippen LogP contribution in [0.25, 0.3) is 6.08 Å². The van der Waals surface area contributed by atoms with Crippen LogP contribution in [0.1, 0.15) is 25.0 Å². The molecule has 2 aromatic carbocycles. The number of ether oxygens (including phenoxy) is 2. The van der Waals surface area contributed by atoms with E-state index in [2.05, 4.69) is 13.8 Å². The Balaban J connectivity index is 1.95. The van der Waals surface area contributed by atoms with Crippen LogP contribution in [0.3, 0.4) is 0 Å². The molecule has 4 rings (SSSR count). The molecule has 2 aromatic rings. The summed E-state index contributed by atoms with van der Waals surface area (Å²) in [5.41, 5.74) is 1.47. The maximum Gasteiger partial charge on any atom is 0.212 e. The van der Waals surface area contributed by atoms with Gasteiger partial charge in [0.05, 0.1) is 23.2 Å². The van der Waals surface area contributed by atoms with Gasteiger partial charge in [-0.1, -0.05) is 34.8 Å². The zero-order valence-corrected chi connectivity index (χ0v) is 17.1. The second kappa shape index (κ2) is 5.72. The van der Waals surface area contributed by atoms with Crippen LogP contribution < -0.4 is 14.4 Å². The average Bonchev–Trinajstić information content (AvgIpc) is 2.77. The van der Waals surface area contributed by atoms with Gasteiger partial charge in [-0.15, -0.1) is 0 Å². The van der Waals surface area contributed by atoms with Crippen LogP contribution in [0.2, 0.25) is 15.1 Å². The Morgan fingerprint density at radius 2 is 1.77 bits per heavy atom. The van der Waals surface area contributed by atoms with Crippen molar-refractivity contribution in [3.63, 3.8) is 0 Å². The molecule has 0 amide bonds. The van der Waals surface area contributed by atoms with Gasteiger partial charge in [0.1, 0.15) is 0 Å². The lowest BCUT2D eigenvalue weighted by Crippen LogP contribution is -2.58. The van der Waals surface area contributed by atoms with Crippen molar-refractivity contribution >= 4 is 46.6 Å². The maximum atomic E-state index is 6.62. The minimum atomic E-state index is -0.794. The van der Waals surface area contributed by atoms with Gasteiger partial charge in [-0.2, -0.15) is 0 Å². The average molecular weight is 411 g/mol. The fourth-order valence-corrected chi connectivity index (χ4v) is 5.00. The van der Waals surface area contributed by atoms with Gasteiger partial charge in [0.2, 0.25) is 5.72 Å². The van der Waals surface area contributed by atoms with Crippen LogP contribution in [0.4, 0.5) is 5.69 Å². The summed E-state index contributed by atoms with van der Waals surface area (Å²) in [6, 6.07) is 7.26. The van der Waals surface area contributed by atoms with Crippen LogP contribution in [0.5, 0.6) is 11.5 Å². The van der Waals surface area contributed by atoms with Crippen LogP contribution in [0, 0.1) is 0 Å². The van der Waals surface area contributed by atoms with Crippen molar-refractivity contribution in [1.29, 1.82) is 0 Å². The van der Waals surface area contributed by atoms with Gasteiger partial charge < -0.3 is 14.4 Å². The Bertz CT molecular complexity index is 955. The Labute approximate surface area is 168 Å². The fourth-order valence-electron chi connectivity index (χ4n) is 4.11. The van der Waals surface area contributed by atoms with Crippen molar-refractivity contribution in [3.8, 4) is 11.5 Å². The largest absolute Gasteiger partial charge is 0.493 e. The Morgan fingerprint density at radius 1 is 1.08 bits per heavy atom. The predicted molar refractivity (Wildman–Crippen MR) is 108 cm³/mol. The lowest BCUT2D eigenvalue weighted by molar-refractivity contribution is 0.0552. The Hall–Kier alpha value is -1.55. The number of benzene rings is 2. The van der Waals surface area contributed by atoms with Crippen LogP contribution in [-0.4, -0.2) is 19.9 Å². The maximum absolute atomic E-state index is 6.62. The van der Waals surface area contributed by atoms with Crippen molar-refractivity contribution in [2.24, 2.45) is 0 Å². The molecular formula is C20H18Cl3NO2. The van der Waals surface area contributed by atoms with Gasteiger partial charge in [0.15, 0.2) is 11.5 Å². The summed E-state index contributed by atoms with van der Waals surface area (Å²) in [7, 11) is 3.57. The molecule has 0 bridgehead atoms. The molecule has 136 valence electrons. The monoisotopic (exact) mass is 409 g/mol. The van der Waals surface area contributed by atoms with Crippen molar-refractivity contribution in [2.45, 2.75) is 25.0 Å². The molecule has 1 unspecified atom stereocenters. The highest BCUT2D eigenvalue weighted by Crippen LogP contribution is 2.59. The molecule has 0 radical (unpaired) electrons. The summed E-state index contributed by atoms with van der Waals surface area (Å²) in [5, 5.41) is 1.91. The molecule has 2 aliphatic heterocycles. The summed E-state index contributed by atoms with van der Waals surface area (Å²) in [6.07, 6.45) is 4.05. The van der Waals surface area contributed by atoms with E-state index in [0.717, 1.165) is 16.8 Å². The van der Waals surface area contributed by atoms with Crippen molar-refractivity contribution < 1.29 is 9.47 Å². The van der Waals surface area contributed by atoms with E-state index < -0.39 is 11.1 Å². The van der Waals surface area contributed by atoms with E-state index in [0.29, 0.717) is 26.6 Å². The number of nitrogens with zero attached hydrogens (tertiary/aromatic N) is 1. The molecule has 0 aliphatic carbocycles. The molecule has 0 saturated carbocycles. The fraction of sp³-hybridized carbons (Fsp3) is 0.300. The van der Waals surface area contributed by atoms with E-state index in [1.165, 1.54) is 0 Å². The predicted octanol–water partition coefficient (Wildman–Crippen LogP) is 6.18. The van der Waals surface area contributed by atoms with Crippen molar-refractivity contribution in [3.05, 3.63) is 56.5 Å². The molecule has 0 N–H and O–H groups in total. The molecule has 0 aromatic heterocycles. The molecule has 2 heterocycles. The first kappa shape index (κ1) is 17.8. The van der Waals surface area contributed by atoms with Gasteiger partial charge in [0, 0.05) is 34.3 Å². The number of hydrogen-bond donors (Lipinski definition) is 0. The van der Waals surface area contributed by atoms with E-state index >= 15 is 0 Å². The van der Waals surface area contributed by atoms with Gasteiger partial charge in [-0.05, 0) is 44.2 Å². The number of hydrogen-bond acceptors (Lipinski definition) is 3. The van der Waals surface area contributed by atoms with Crippen LogP contribution >= 0.6 is 34.8 Å². The number of anilines is 1. The molecular weight excluding hydrogens is 393 g/mol. The molecule has 1 atom stereocenters. The van der Waals surface area contributed by atoms with E-state index in [9.17, 15) is 0 Å². The minimum absolute atomic E-state index is 0.460. The van der Waals surface area contributed by atoms with Crippen LogP contribution in [0.15, 0.2) is 30.3 Å². The second-order valence-electron chi connectivity index (χ2n) is 7.10. The third-order valence-electron chi connectivity index (χ3n) is 5.45. The first-order valence-electron chi connectivity index (χ1n) is 8.21. The molecule has 1 spiro atoms. The summed E-state index contributed by atoms with van der Waals surface area (Å²) in [5.74, 6) is 1.24. The third-order valence-corrected chi connectivity index (χ3v) is 6.28. The Morgan fingerprint density at radius 3 is 2.42 bits per heavy atom. The van der Waals surface area contributed by atoms with Gasteiger partial charge in [-0.3, -0.25) is 0 Å². The van der Waals surface area contributed by atoms with Gasteiger partial charge in [-0.25, -0.2) is 0 Å². The summed E-state index contributed by atoms with van der Waals surface area (Å²) < 4.78 is 12.1. The highest BCUT2D eigenvalue weighted by molar-refractivity contribution is 6.36. The first-order valence-corrected chi connectivity index (χ1v) is 9.34. The van der Waals surface area contributed by atoms with E-state index in [1.807, 2.05) is 42.3 Å². The quantitative estimate of drug-likeness (QED) is 0.560. The number of fused-ring (bicyclic) bond motifs is 2. The van der Waals surface area contributed by atoms with Crippen molar-refractivity contribution in [2.75, 3.05) is 19.1 Å². The van der Waals surface area contributed by atoms with E-state index in [-0.39, 0.29) is 0 Å². The van der Waals surface area contributed by atoms with Gasteiger partial charge in [0.25, 0.3) is 0 Å². The highest BCUT2D eigenvalue weighted by Gasteiger charge is 2.59. The lowest BCUT2D eigenvalue weighted by Gasteiger charge is -2.46. The third kappa shape index (κ3) is 2.14. The smallest absolute Gasteiger partial charge is 0.212 e. The number of methoxy groups -OCH3 is 1. The number of halogens is 3. The molecule has 0 fully saturated rings. The number of rotatable bonds is 1. The first-order chi connectivity index (χ1) is 12.2. The molecule has 26 heavy (non-hydrogen) atoms. The minimum Gasteiger partial charge on any atom is -0.493 e. The molecule has 0 saturated heterocycles. The highest BCUT2D eigenvalue weighted by atomic mass is 35.5. The van der Waals surface area contributed by atoms with Crippen molar-refractivity contribution in [1.82, 2.24) is 0 Å². The second-order valence-corrected chi connectivity index (χ2v) is 8.35. The SMILES string of the molecule is COc1cc(Cl)cc2c1OC1(C=C2)N(C)c2c(Cl)ccc(Cl)c2C1(C)C. The number of likely N-dealkylation sites (N-methyl/N-ethyl adjacent to an activating group) is 1. The van der Waals surface area contributed by atoms with E-state index in [1.54, 1.807) is 13.2 Å². The lowest BCUT2D eigenvalue weighted by atomic mass is 9.76. The topological polar surface area (TPSA) is 21.7 Å². The van der Waals surface area contributed by atoms with Crippen LogP contribution in [-0.2, 0) is 5.41 Å². The zero-order chi connectivity index (χ0) is 18.9. The zero-order valence-electron chi connectivity index (χ0n) is 14.9. The summed E-state index contributed by atoms with van der Waals surface area (Å²) >= 11 is 19.3. The van der Waals surface area contributed by atoms with E-state index in [4.69, 9.17) is 44.3 Å². The normalized spacial score (nSPS) is 22.2. The summed E-state index contributed by atoms with van der Waals surface area (Å²) in [4.78, 5) is 2.05. The van der Waals surface area contributed by atoms with Gasteiger partial charge >= 0.3 is 0 Å². The molecule has 2 aliphatic rings. The Kier molecular flexibility index (Phi) is 3.93. The molecule has 3 nitrogen and oxygen atoms in total. The summed E-state index contributed by atoms with van der Waals surface area (Å²) in [6.45, 7) is 4.21. The molecule has 6 heteroatoms.